The normalized spacial score (nSPS) is 13.2. The quantitative estimate of drug-likeness (QED) is 0.839. The van der Waals surface area contributed by atoms with Crippen LogP contribution in [0.25, 0.3) is 0 Å². The molecule has 0 aliphatic heterocycles. The van der Waals surface area contributed by atoms with E-state index in [-0.39, 0.29) is 12.1 Å². The Bertz CT molecular complexity index is 463. The molecule has 6 heteroatoms. The first kappa shape index (κ1) is 18.5. The molecular weight excluding hydrogens is 282 g/mol. The highest BCUT2D eigenvalue weighted by atomic mass is 16.6. The molecule has 1 aromatic rings. The molecule has 0 fully saturated rings. The van der Waals surface area contributed by atoms with Gasteiger partial charge in [0.25, 0.3) is 0 Å². The number of hydrogen-bond donors (Lipinski definition) is 1. The van der Waals surface area contributed by atoms with E-state index in [1.54, 1.807) is 12.5 Å². The first-order chi connectivity index (χ1) is 10.2. The van der Waals surface area contributed by atoms with Crippen molar-refractivity contribution in [3.05, 3.63) is 18.2 Å². The van der Waals surface area contributed by atoms with Crippen LogP contribution in [-0.4, -0.2) is 34.0 Å². The fourth-order valence-corrected chi connectivity index (χ4v) is 2.03. The van der Waals surface area contributed by atoms with Crippen LogP contribution < -0.4 is 5.32 Å². The van der Waals surface area contributed by atoms with E-state index in [9.17, 15) is 4.79 Å². The molecule has 0 aliphatic rings. The van der Waals surface area contributed by atoms with E-state index in [1.807, 2.05) is 46.1 Å². The number of carbonyl (C=O) groups excluding carboxylic acids is 1. The van der Waals surface area contributed by atoms with Gasteiger partial charge in [-0.2, -0.15) is 0 Å². The van der Waals surface area contributed by atoms with Gasteiger partial charge in [0.2, 0.25) is 0 Å². The van der Waals surface area contributed by atoms with Crippen molar-refractivity contribution in [2.24, 2.45) is 0 Å². The second kappa shape index (κ2) is 8.17. The molecular formula is C16H29N3O3. The lowest BCUT2D eigenvalue weighted by atomic mass is 10.1. The van der Waals surface area contributed by atoms with Gasteiger partial charge in [-0.3, -0.25) is 0 Å². The summed E-state index contributed by atoms with van der Waals surface area (Å²) in [7, 11) is 0. The number of alkyl carbamates (subject to hydrolysis) is 1. The Morgan fingerprint density at radius 2 is 2.09 bits per heavy atom. The van der Waals surface area contributed by atoms with Crippen molar-refractivity contribution < 1.29 is 14.3 Å². The molecule has 0 spiro atoms. The molecule has 22 heavy (non-hydrogen) atoms. The second-order valence-electron chi connectivity index (χ2n) is 6.54. The Morgan fingerprint density at radius 1 is 1.41 bits per heavy atom. The lowest BCUT2D eigenvalue weighted by Crippen LogP contribution is -2.35. The molecule has 1 aromatic heterocycles. The largest absolute Gasteiger partial charge is 0.444 e. The summed E-state index contributed by atoms with van der Waals surface area (Å²) in [6.07, 6.45) is 4.09. The standard InChI is InChI=1S/C16H29N3O3/c1-7-13(18-15(20)22-16(4,5)6)14-10-17-11-19(14)8-9-21-12(2)3/h10-13H,7-9H2,1-6H3,(H,18,20)/t13-/m1/s1. The van der Waals surface area contributed by atoms with Crippen LogP contribution in [0.2, 0.25) is 0 Å². The molecule has 0 bridgehead atoms. The third kappa shape index (κ3) is 6.47. The number of nitrogens with one attached hydrogen (secondary N) is 1. The summed E-state index contributed by atoms with van der Waals surface area (Å²) in [5.74, 6) is 0. The van der Waals surface area contributed by atoms with Gasteiger partial charge in [-0.25, -0.2) is 9.78 Å². The van der Waals surface area contributed by atoms with Crippen LogP contribution in [0.3, 0.4) is 0 Å². The van der Waals surface area contributed by atoms with Gasteiger partial charge in [-0.15, -0.1) is 0 Å². The Balaban J connectivity index is 2.67. The average molecular weight is 311 g/mol. The van der Waals surface area contributed by atoms with Crippen molar-refractivity contribution in [1.29, 1.82) is 0 Å². The van der Waals surface area contributed by atoms with Gasteiger partial charge < -0.3 is 19.4 Å². The molecule has 0 unspecified atom stereocenters. The van der Waals surface area contributed by atoms with Crippen molar-refractivity contribution in [2.75, 3.05) is 6.61 Å². The monoisotopic (exact) mass is 311 g/mol. The topological polar surface area (TPSA) is 65.4 Å². The summed E-state index contributed by atoms with van der Waals surface area (Å²) in [5, 5.41) is 2.90. The summed E-state index contributed by atoms with van der Waals surface area (Å²) in [6, 6.07) is -0.128. The number of carbonyl (C=O) groups is 1. The zero-order chi connectivity index (χ0) is 16.8. The Morgan fingerprint density at radius 3 is 2.64 bits per heavy atom. The minimum atomic E-state index is -0.506. The molecule has 0 radical (unpaired) electrons. The van der Waals surface area contributed by atoms with E-state index in [2.05, 4.69) is 10.3 Å². The van der Waals surface area contributed by atoms with Gasteiger partial charge in [-0.05, 0) is 41.0 Å². The SMILES string of the molecule is CC[C@@H](NC(=O)OC(C)(C)C)c1cncn1CCOC(C)C. The molecule has 1 heterocycles. The highest BCUT2D eigenvalue weighted by Gasteiger charge is 2.21. The van der Waals surface area contributed by atoms with Crippen molar-refractivity contribution in [2.45, 2.75) is 72.3 Å². The minimum Gasteiger partial charge on any atom is -0.444 e. The van der Waals surface area contributed by atoms with Gasteiger partial charge in [0.15, 0.2) is 0 Å². The third-order valence-corrected chi connectivity index (χ3v) is 2.98. The summed E-state index contributed by atoms with van der Waals surface area (Å²) < 4.78 is 12.9. The summed E-state index contributed by atoms with van der Waals surface area (Å²) >= 11 is 0. The number of amides is 1. The number of aromatic nitrogens is 2. The predicted octanol–water partition coefficient (Wildman–Crippen LogP) is 3.28. The van der Waals surface area contributed by atoms with Crippen LogP contribution in [0.5, 0.6) is 0 Å². The number of hydrogen-bond acceptors (Lipinski definition) is 4. The Labute approximate surface area is 133 Å². The fourth-order valence-electron chi connectivity index (χ4n) is 2.03. The van der Waals surface area contributed by atoms with E-state index in [0.29, 0.717) is 13.2 Å². The maximum Gasteiger partial charge on any atom is 0.408 e. The van der Waals surface area contributed by atoms with Crippen molar-refractivity contribution in [3.63, 3.8) is 0 Å². The third-order valence-electron chi connectivity index (χ3n) is 2.98. The first-order valence-corrected chi connectivity index (χ1v) is 7.84. The zero-order valence-electron chi connectivity index (χ0n) is 14.5. The van der Waals surface area contributed by atoms with Gasteiger partial charge in [0.05, 0.1) is 37.0 Å². The van der Waals surface area contributed by atoms with Crippen LogP contribution in [0, 0.1) is 0 Å². The van der Waals surface area contributed by atoms with Crippen LogP contribution >= 0.6 is 0 Å². The summed E-state index contributed by atoms with van der Waals surface area (Å²) in [5.41, 5.74) is 0.453. The van der Waals surface area contributed by atoms with E-state index in [0.717, 1.165) is 12.1 Å². The van der Waals surface area contributed by atoms with Crippen LogP contribution in [-0.2, 0) is 16.0 Å². The van der Waals surface area contributed by atoms with Crippen LogP contribution in [0.1, 0.15) is 59.7 Å². The zero-order valence-corrected chi connectivity index (χ0v) is 14.5. The number of rotatable bonds is 7. The first-order valence-electron chi connectivity index (χ1n) is 7.84. The van der Waals surface area contributed by atoms with Crippen molar-refractivity contribution >= 4 is 6.09 Å². The fraction of sp³-hybridized carbons (Fsp3) is 0.750. The molecule has 0 saturated carbocycles. The number of ether oxygens (including phenoxy) is 2. The van der Waals surface area contributed by atoms with Crippen molar-refractivity contribution in [3.8, 4) is 0 Å². The molecule has 126 valence electrons. The van der Waals surface area contributed by atoms with Gasteiger partial charge in [0, 0.05) is 6.54 Å². The van der Waals surface area contributed by atoms with Crippen LogP contribution in [0.4, 0.5) is 4.79 Å². The maximum absolute atomic E-state index is 12.0. The average Bonchev–Trinajstić information content (AvgIpc) is 2.81. The molecule has 1 N–H and O–H groups in total. The summed E-state index contributed by atoms with van der Waals surface area (Å²) in [4.78, 5) is 16.1. The van der Waals surface area contributed by atoms with Gasteiger partial charge in [-0.1, -0.05) is 6.92 Å². The van der Waals surface area contributed by atoms with E-state index in [4.69, 9.17) is 9.47 Å². The smallest absolute Gasteiger partial charge is 0.408 e. The Hall–Kier alpha value is -1.56. The maximum atomic E-state index is 12.0. The van der Waals surface area contributed by atoms with E-state index in [1.165, 1.54) is 0 Å². The lowest BCUT2D eigenvalue weighted by molar-refractivity contribution is 0.0498. The molecule has 1 rings (SSSR count). The van der Waals surface area contributed by atoms with Crippen molar-refractivity contribution in [1.82, 2.24) is 14.9 Å². The van der Waals surface area contributed by atoms with Gasteiger partial charge in [0.1, 0.15) is 5.60 Å². The second-order valence-corrected chi connectivity index (χ2v) is 6.54. The molecule has 0 aromatic carbocycles. The molecule has 1 atom stereocenters. The summed E-state index contributed by atoms with van der Waals surface area (Å²) in [6.45, 7) is 12.9. The van der Waals surface area contributed by atoms with Gasteiger partial charge >= 0.3 is 6.09 Å². The molecule has 1 amide bonds. The minimum absolute atomic E-state index is 0.128. The van der Waals surface area contributed by atoms with Crippen LogP contribution in [0.15, 0.2) is 12.5 Å². The number of imidazole rings is 1. The molecule has 0 saturated heterocycles. The highest BCUT2D eigenvalue weighted by Crippen LogP contribution is 2.17. The van der Waals surface area contributed by atoms with E-state index >= 15 is 0 Å². The molecule has 6 nitrogen and oxygen atoms in total. The number of nitrogens with zero attached hydrogens (tertiary/aromatic N) is 2. The molecule has 0 aliphatic carbocycles. The predicted molar refractivity (Wildman–Crippen MR) is 85.7 cm³/mol. The highest BCUT2D eigenvalue weighted by molar-refractivity contribution is 5.68. The Kier molecular flexibility index (Phi) is 6.87. The lowest BCUT2D eigenvalue weighted by Gasteiger charge is -2.23. The van der Waals surface area contributed by atoms with E-state index < -0.39 is 11.7 Å².